The highest BCUT2D eigenvalue weighted by molar-refractivity contribution is 5.71. The molecule has 0 unspecified atom stereocenters. The molecule has 1 saturated heterocycles. The third-order valence-electron chi connectivity index (χ3n) is 6.30. The molecule has 1 aliphatic heterocycles. The van der Waals surface area contributed by atoms with Crippen molar-refractivity contribution in [3.05, 3.63) is 83.1 Å². The number of nitrogens with two attached hydrogens (primary N) is 1. The number of rotatable bonds is 5. The monoisotopic (exact) mass is 482 g/mol. The van der Waals surface area contributed by atoms with Crippen LogP contribution in [-0.2, 0) is 0 Å². The largest absolute Gasteiger partial charge is 0.461 e. The molecule has 6 rings (SSSR count). The summed E-state index contributed by atoms with van der Waals surface area (Å²) in [6, 6.07) is 20.4. The zero-order valence-corrected chi connectivity index (χ0v) is 19.2. The van der Waals surface area contributed by atoms with Gasteiger partial charge in [-0.3, -0.25) is 10.1 Å². The number of nitro groups is 1. The minimum atomic E-state index is -0.326. The van der Waals surface area contributed by atoms with Crippen LogP contribution >= 0.6 is 0 Å². The number of piperazine rings is 1. The average molecular weight is 483 g/mol. The summed E-state index contributed by atoms with van der Waals surface area (Å²) in [5, 5.41) is 15.8. The topological polar surface area (TPSA) is 132 Å². The summed E-state index contributed by atoms with van der Waals surface area (Å²) in [5.41, 5.74) is 10.2. The van der Waals surface area contributed by atoms with Crippen molar-refractivity contribution in [2.45, 2.75) is 0 Å². The Bertz CT molecular complexity index is 1560. The molecule has 0 amide bonds. The van der Waals surface area contributed by atoms with Gasteiger partial charge in [0.1, 0.15) is 5.69 Å². The Morgan fingerprint density at radius 3 is 2.50 bits per heavy atom. The summed E-state index contributed by atoms with van der Waals surface area (Å²) in [5.74, 6) is 1.23. The number of hydrogen-bond donors (Lipinski definition) is 1. The molecule has 1 fully saturated rings. The van der Waals surface area contributed by atoms with E-state index in [0.717, 1.165) is 24.3 Å². The number of aromatic nitrogens is 4. The van der Waals surface area contributed by atoms with Crippen molar-refractivity contribution in [1.82, 2.24) is 19.6 Å². The van der Waals surface area contributed by atoms with Gasteiger partial charge in [0.2, 0.25) is 11.8 Å². The highest BCUT2D eigenvalue weighted by atomic mass is 16.6. The van der Waals surface area contributed by atoms with Crippen molar-refractivity contribution in [3.8, 4) is 22.8 Å². The number of benzene rings is 2. The standard InChI is InChI=1S/C25H22N8O3/c26-25-27-19(16-23-28-24(29-32(23)25)22-9-4-14-36-22)17-5-3-6-18(15-17)30-10-12-31(13-11-30)20-7-1-2-8-21(20)33(34)35/h1-9,14-16H,10-13H2,(H2,26,27). The van der Waals surface area contributed by atoms with E-state index in [9.17, 15) is 10.1 Å². The molecule has 36 heavy (non-hydrogen) atoms. The highest BCUT2D eigenvalue weighted by Crippen LogP contribution is 2.30. The lowest BCUT2D eigenvalue weighted by atomic mass is 10.1. The van der Waals surface area contributed by atoms with Crippen LogP contribution in [0.1, 0.15) is 0 Å². The number of fused-ring (bicyclic) bond motifs is 1. The molecule has 0 radical (unpaired) electrons. The Labute approximate surface area is 205 Å². The van der Waals surface area contributed by atoms with Crippen molar-refractivity contribution in [1.29, 1.82) is 0 Å². The number of anilines is 3. The molecule has 0 spiro atoms. The number of nitro benzene ring substituents is 1. The first-order chi connectivity index (χ1) is 17.6. The fourth-order valence-electron chi connectivity index (χ4n) is 4.52. The van der Waals surface area contributed by atoms with Crippen LogP contribution in [0.4, 0.5) is 23.0 Å². The summed E-state index contributed by atoms with van der Waals surface area (Å²) < 4.78 is 6.89. The van der Waals surface area contributed by atoms with Gasteiger partial charge in [-0.15, -0.1) is 5.10 Å². The SMILES string of the molecule is Nc1nc(-c2cccc(N3CCN(c4ccccc4[N+](=O)[O-])CC3)c2)cc2nc(-c3ccco3)nn12. The van der Waals surface area contributed by atoms with Crippen LogP contribution in [0.15, 0.2) is 77.4 Å². The summed E-state index contributed by atoms with van der Waals surface area (Å²) in [6.45, 7) is 2.84. The molecule has 1 aliphatic rings. The van der Waals surface area contributed by atoms with E-state index in [2.05, 4.69) is 37.0 Å². The molecule has 3 aromatic heterocycles. The van der Waals surface area contributed by atoms with E-state index >= 15 is 0 Å². The van der Waals surface area contributed by atoms with Gasteiger partial charge in [-0.1, -0.05) is 24.3 Å². The third kappa shape index (κ3) is 3.86. The Hall–Kier alpha value is -4.93. The zero-order chi connectivity index (χ0) is 24.6. The van der Waals surface area contributed by atoms with Gasteiger partial charge in [0.15, 0.2) is 11.4 Å². The maximum Gasteiger partial charge on any atom is 0.292 e. The van der Waals surface area contributed by atoms with E-state index < -0.39 is 0 Å². The predicted octanol–water partition coefficient (Wildman–Crippen LogP) is 3.87. The second-order valence-electron chi connectivity index (χ2n) is 8.45. The zero-order valence-electron chi connectivity index (χ0n) is 19.2. The van der Waals surface area contributed by atoms with Gasteiger partial charge in [-0.2, -0.15) is 4.52 Å². The van der Waals surface area contributed by atoms with Gasteiger partial charge >= 0.3 is 0 Å². The number of para-hydroxylation sites is 2. The van der Waals surface area contributed by atoms with Crippen LogP contribution < -0.4 is 15.5 Å². The van der Waals surface area contributed by atoms with Crippen LogP contribution in [0, 0.1) is 10.1 Å². The van der Waals surface area contributed by atoms with Gasteiger partial charge < -0.3 is 20.0 Å². The maximum atomic E-state index is 11.4. The second-order valence-corrected chi connectivity index (χ2v) is 8.45. The van der Waals surface area contributed by atoms with Crippen LogP contribution in [-0.4, -0.2) is 50.7 Å². The van der Waals surface area contributed by atoms with Crippen LogP contribution in [0.25, 0.3) is 28.5 Å². The Morgan fingerprint density at radius 1 is 0.917 bits per heavy atom. The van der Waals surface area contributed by atoms with Gasteiger partial charge in [-0.05, 0) is 30.3 Å². The lowest BCUT2D eigenvalue weighted by Gasteiger charge is -2.37. The predicted molar refractivity (Wildman–Crippen MR) is 136 cm³/mol. The molecule has 0 aliphatic carbocycles. The van der Waals surface area contributed by atoms with Gasteiger partial charge in [-0.25, -0.2) is 9.97 Å². The molecule has 0 bridgehead atoms. The molecule has 2 N–H and O–H groups in total. The van der Waals surface area contributed by atoms with E-state index in [1.165, 1.54) is 4.52 Å². The molecule has 2 aromatic carbocycles. The summed E-state index contributed by atoms with van der Waals surface area (Å²) >= 11 is 0. The molecular weight excluding hydrogens is 460 g/mol. The van der Waals surface area contributed by atoms with Gasteiger partial charge in [0, 0.05) is 49.6 Å². The Kier molecular flexibility index (Phi) is 5.21. The lowest BCUT2D eigenvalue weighted by molar-refractivity contribution is -0.384. The van der Waals surface area contributed by atoms with Crippen molar-refractivity contribution < 1.29 is 9.34 Å². The molecule has 180 valence electrons. The van der Waals surface area contributed by atoms with Crippen LogP contribution in [0.3, 0.4) is 0 Å². The average Bonchev–Trinajstić information content (AvgIpc) is 3.59. The van der Waals surface area contributed by atoms with E-state index in [1.807, 2.05) is 30.3 Å². The number of nitrogen functional groups attached to an aromatic ring is 1. The summed E-state index contributed by atoms with van der Waals surface area (Å²) in [6.07, 6.45) is 1.57. The lowest BCUT2D eigenvalue weighted by Crippen LogP contribution is -2.46. The van der Waals surface area contributed by atoms with E-state index in [-0.39, 0.29) is 16.6 Å². The van der Waals surface area contributed by atoms with Gasteiger partial charge in [0.05, 0.1) is 16.9 Å². The Balaban J connectivity index is 1.24. The fraction of sp³-hybridized carbons (Fsp3) is 0.160. The highest BCUT2D eigenvalue weighted by Gasteiger charge is 2.23. The van der Waals surface area contributed by atoms with Crippen molar-refractivity contribution in [2.75, 3.05) is 41.7 Å². The molecule has 11 heteroatoms. The summed E-state index contributed by atoms with van der Waals surface area (Å²) in [4.78, 5) is 24.5. The maximum absolute atomic E-state index is 11.4. The number of nitrogens with zero attached hydrogens (tertiary/aromatic N) is 7. The summed E-state index contributed by atoms with van der Waals surface area (Å²) in [7, 11) is 0. The quantitative estimate of drug-likeness (QED) is 0.293. The second kappa shape index (κ2) is 8.69. The molecule has 5 aromatic rings. The number of hydrogen-bond acceptors (Lipinski definition) is 9. The third-order valence-corrected chi connectivity index (χ3v) is 6.30. The first-order valence-corrected chi connectivity index (χ1v) is 11.5. The molecule has 0 saturated carbocycles. The van der Waals surface area contributed by atoms with Crippen LogP contribution in [0.5, 0.6) is 0 Å². The molecule has 11 nitrogen and oxygen atoms in total. The van der Waals surface area contributed by atoms with Crippen molar-refractivity contribution in [3.63, 3.8) is 0 Å². The number of furan rings is 1. The minimum absolute atomic E-state index is 0.135. The Morgan fingerprint density at radius 2 is 1.72 bits per heavy atom. The molecule has 4 heterocycles. The normalized spacial score (nSPS) is 13.9. The van der Waals surface area contributed by atoms with Crippen LogP contribution in [0.2, 0.25) is 0 Å². The van der Waals surface area contributed by atoms with E-state index in [1.54, 1.807) is 30.5 Å². The van der Waals surface area contributed by atoms with E-state index in [0.29, 0.717) is 41.7 Å². The van der Waals surface area contributed by atoms with Crippen molar-refractivity contribution in [2.24, 2.45) is 0 Å². The molecule has 0 atom stereocenters. The van der Waals surface area contributed by atoms with E-state index in [4.69, 9.17) is 10.2 Å². The van der Waals surface area contributed by atoms with Crippen molar-refractivity contribution >= 4 is 28.7 Å². The first kappa shape index (κ1) is 21.6. The fourth-order valence-corrected chi connectivity index (χ4v) is 4.52. The van der Waals surface area contributed by atoms with Gasteiger partial charge in [0.25, 0.3) is 5.69 Å². The first-order valence-electron chi connectivity index (χ1n) is 11.5. The minimum Gasteiger partial charge on any atom is -0.461 e. The smallest absolute Gasteiger partial charge is 0.292 e. The molecular formula is C25H22N8O3.